The molecule has 0 aliphatic heterocycles. The Kier molecular flexibility index (Phi) is 4.47. The monoisotopic (exact) mass is 238 g/mol. The van der Waals surface area contributed by atoms with E-state index in [4.69, 9.17) is 15.6 Å². The average Bonchev–Trinajstić information content (AvgIpc) is 2.25. The van der Waals surface area contributed by atoms with Gasteiger partial charge in [-0.15, -0.1) is 0 Å². The number of rotatable bonds is 5. The van der Waals surface area contributed by atoms with Gasteiger partial charge in [0.05, 0.1) is 0 Å². The highest BCUT2D eigenvalue weighted by atomic mass is 16.5. The molecule has 0 heterocycles. The van der Waals surface area contributed by atoms with E-state index in [0.717, 1.165) is 0 Å². The van der Waals surface area contributed by atoms with Crippen LogP contribution in [0.3, 0.4) is 0 Å². The summed E-state index contributed by atoms with van der Waals surface area (Å²) in [6.45, 7) is 1.27. The lowest BCUT2D eigenvalue weighted by Gasteiger charge is -2.10. The van der Waals surface area contributed by atoms with Crippen molar-refractivity contribution in [3.05, 3.63) is 24.3 Å². The van der Waals surface area contributed by atoms with Gasteiger partial charge in [-0.2, -0.15) is 0 Å². The number of benzene rings is 1. The van der Waals surface area contributed by atoms with Crippen LogP contribution in [0, 0.1) is 0 Å². The van der Waals surface area contributed by atoms with Gasteiger partial charge in [0.25, 0.3) is 0 Å². The number of anilines is 1. The van der Waals surface area contributed by atoms with E-state index in [1.54, 1.807) is 24.3 Å². The fourth-order valence-electron chi connectivity index (χ4n) is 1.12. The predicted octanol–water partition coefficient (Wildman–Crippen LogP) is 0.436. The Morgan fingerprint density at radius 1 is 1.53 bits per heavy atom. The second-order valence-electron chi connectivity index (χ2n) is 3.46. The normalized spacial score (nSPS) is 11.6. The summed E-state index contributed by atoms with van der Waals surface area (Å²) in [5.41, 5.74) is 5.87. The fourth-order valence-corrected chi connectivity index (χ4v) is 1.12. The van der Waals surface area contributed by atoms with Crippen LogP contribution in [0.1, 0.15) is 6.92 Å². The number of nitrogens with two attached hydrogens (primary N) is 1. The van der Waals surface area contributed by atoms with E-state index in [2.05, 4.69) is 5.32 Å². The standard InChI is InChI=1S/C11H14N2O4/c1-7(14)13-8-3-2-4-9(5-8)17-6-10(12)11(15)16/h2-5,10H,6,12H2,1H3,(H,13,14)(H,15,16). The molecule has 1 aromatic carbocycles. The third-order valence-electron chi connectivity index (χ3n) is 1.90. The molecule has 1 amide bonds. The summed E-state index contributed by atoms with van der Waals surface area (Å²) >= 11 is 0. The number of carboxylic acid groups (broad SMARTS) is 1. The van der Waals surface area contributed by atoms with Crippen LogP contribution in [0.2, 0.25) is 0 Å². The molecule has 0 aliphatic rings. The second-order valence-corrected chi connectivity index (χ2v) is 3.46. The number of aliphatic carboxylic acids is 1. The molecule has 0 fully saturated rings. The largest absolute Gasteiger partial charge is 0.491 e. The fraction of sp³-hybridized carbons (Fsp3) is 0.273. The Hall–Kier alpha value is -2.08. The maximum atomic E-state index is 10.8. The van der Waals surface area contributed by atoms with E-state index in [0.29, 0.717) is 11.4 Å². The van der Waals surface area contributed by atoms with Crippen molar-refractivity contribution < 1.29 is 19.4 Å². The summed E-state index contributed by atoms with van der Waals surface area (Å²) in [5.74, 6) is -0.861. The number of ether oxygens (including phenoxy) is 1. The first kappa shape index (κ1) is 13.0. The topological polar surface area (TPSA) is 102 Å². The first-order chi connectivity index (χ1) is 7.99. The lowest BCUT2D eigenvalue weighted by atomic mass is 10.3. The Labute approximate surface area is 98.4 Å². The summed E-state index contributed by atoms with van der Waals surface area (Å²) in [5, 5.41) is 11.2. The van der Waals surface area contributed by atoms with Gasteiger partial charge in [0, 0.05) is 18.7 Å². The molecule has 92 valence electrons. The summed E-state index contributed by atoms with van der Waals surface area (Å²) in [6.07, 6.45) is 0. The predicted molar refractivity (Wildman–Crippen MR) is 61.9 cm³/mol. The van der Waals surface area contributed by atoms with E-state index in [-0.39, 0.29) is 12.5 Å². The molecule has 0 spiro atoms. The van der Waals surface area contributed by atoms with Crippen LogP contribution in [0.25, 0.3) is 0 Å². The van der Waals surface area contributed by atoms with Crippen molar-refractivity contribution in [1.82, 2.24) is 0 Å². The highest BCUT2D eigenvalue weighted by molar-refractivity contribution is 5.88. The Bertz CT molecular complexity index is 420. The zero-order valence-corrected chi connectivity index (χ0v) is 9.34. The van der Waals surface area contributed by atoms with Gasteiger partial charge in [0.2, 0.25) is 5.91 Å². The van der Waals surface area contributed by atoms with Crippen molar-refractivity contribution in [3.63, 3.8) is 0 Å². The van der Waals surface area contributed by atoms with Crippen LogP contribution >= 0.6 is 0 Å². The van der Waals surface area contributed by atoms with Crippen LogP contribution in [-0.2, 0) is 9.59 Å². The maximum Gasteiger partial charge on any atom is 0.324 e. The second kappa shape index (κ2) is 5.86. The van der Waals surface area contributed by atoms with Crippen molar-refractivity contribution in [1.29, 1.82) is 0 Å². The van der Waals surface area contributed by atoms with Crippen molar-refractivity contribution in [2.45, 2.75) is 13.0 Å². The number of hydrogen-bond donors (Lipinski definition) is 3. The number of carbonyl (C=O) groups is 2. The minimum Gasteiger partial charge on any atom is -0.491 e. The lowest BCUT2D eigenvalue weighted by Crippen LogP contribution is -2.36. The zero-order chi connectivity index (χ0) is 12.8. The molecular formula is C11H14N2O4. The first-order valence-corrected chi connectivity index (χ1v) is 4.98. The molecule has 6 heteroatoms. The number of nitrogens with one attached hydrogen (secondary N) is 1. The van der Waals surface area contributed by atoms with E-state index < -0.39 is 12.0 Å². The van der Waals surface area contributed by atoms with E-state index in [9.17, 15) is 9.59 Å². The number of carboxylic acids is 1. The van der Waals surface area contributed by atoms with Gasteiger partial charge in [-0.05, 0) is 12.1 Å². The number of carbonyl (C=O) groups excluding carboxylic acids is 1. The third-order valence-corrected chi connectivity index (χ3v) is 1.90. The molecule has 6 nitrogen and oxygen atoms in total. The Morgan fingerprint density at radius 2 is 2.24 bits per heavy atom. The van der Waals surface area contributed by atoms with Crippen LogP contribution in [0.5, 0.6) is 5.75 Å². The lowest BCUT2D eigenvalue weighted by molar-refractivity contribution is -0.139. The smallest absolute Gasteiger partial charge is 0.324 e. The molecule has 0 bridgehead atoms. The minimum atomic E-state index is -1.12. The van der Waals surface area contributed by atoms with Gasteiger partial charge >= 0.3 is 5.97 Å². The molecule has 17 heavy (non-hydrogen) atoms. The molecule has 1 aromatic rings. The van der Waals surface area contributed by atoms with Crippen LogP contribution in [0.4, 0.5) is 5.69 Å². The Morgan fingerprint density at radius 3 is 2.82 bits per heavy atom. The summed E-state index contributed by atoms with van der Waals surface area (Å²) in [6, 6.07) is 5.56. The summed E-state index contributed by atoms with van der Waals surface area (Å²) < 4.78 is 5.19. The van der Waals surface area contributed by atoms with Gasteiger partial charge in [0.1, 0.15) is 18.4 Å². The van der Waals surface area contributed by atoms with E-state index in [1.165, 1.54) is 6.92 Å². The van der Waals surface area contributed by atoms with E-state index in [1.807, 2.05) is 0 Å². The molecule has 1 atom stereocenters. The zero-order valence-electron chi connectivity index (χ0n) is 9.34. The average molecular weight is 238 g/mol. The minimum absolute atomic E-state index is 0.126. The molecule has 0 saturated carbocycles. The molecule has 1 rings (SSSR count). The molecule has 1 unspecified atom stereocenters. The highest BCUT2D eigenvalue weighted by Gasteiger charge is 2.11. The van der Waals surface area contributed by atoms with Crippen molar-refractivity contribution >= 4 is 17.6 Å². The molecule has 4 N–H and O–H groups in total. The number of amides is 1. The first-order valence-electron chi connectivity index (χ1n) is 4.98. The van der Waals surface area contributed by atoms with Crippen molar-refractivity contribution in [2.24, 2.45) is 5.73 Å². The van der Waals surface area contributed by atoms with Crippen LogP contribution < -0.4 is 15.8 Å². The van der Waals surface area contributed by atoms with Gasteiger partial charge < -0.3 is 20.9 Å². The highest BCUT2D eigenvalue weighted by Crippen LogP contribution is 2.17. The van der Waals surface area contributed by atoms with Gasteiger partial charge in [-0.3, -0.25) is 9.59 Å². The van der Waals surface area contributed by atoms with E-state index >= 15 is 0 Å². The summed E-state index contributed by atoms with van der Waals surface area (Å²) in [7, 11) is 0. The molecule has 0 aliphatic carbocycles. The molecular weight excluding hydrogens is 224 g/mol. The van der Waals surface area contributed by atoms with Gasteiger partial charge in [-0.25, -0.2) is 0 Å². The number of hydrogen-bond acceptors (Lipinski definition) is 4. The van der Waals surface area contributed by atoms with Gasteiger partial charge in [-0.1, -0.05) is 6.07 Å². The third kappa shape index (κ3) is 4.52. The maximum absolute atomic E-state index is 10.8. The molecule has 0 saturated heterocycles. The molecule has 0 aromatic heterocycles. The SMILES string of the molecule is CC(=O)Nc1cccc(OCC(N)C(=O)O)c1. The van der Waals surface area contributed by atoms with Crippen molar-refractivity contribution in [3.8, 4) is 5.75 Å². The van der Waals surface area contributed by atoms with Crippen LogP contribution in [-0.4, -0.2) is 29.6 Å². The summed E-state index contributed by atoms with van der Waals surface area (Å²) in [4.78, 5) is 21.3. The Balaban J connectivity index is 2.59. The molecule has 0 radical (unpaired) electrons. The van der Waals surface area contributed by atoms with Crippen molar-refractivity contribution in [2.75, 3.05) is 11.9 Å². The quantitative estimate of drug-likeness (QED) is 0.690. The van der Waals surface area contributed by atoms with Gasteiger partial charge in [0.15, 0.2) is 0 Å². The van der Waals surface area contributed by atoms with Crippen LogP contribution in [0.15, 0.2) is 24.3 Å².